The number of hydrogen-bond donors (Lipinski definition) is 1. The Labute approximate surface area is 165 Å². The van der Waals surface area contributed by atoms with Crippen molar-refractivity contribution in [1.82, 2.24) is 4.31 Å². The number of carbonyl (C=O) groups is 1. The lowest BCUT2D eigenvalue weighted by molar-refractivity contribution is 0.0730. The van der Waals surface area contributed by atoms with E-state index in [1.807, 2.05) is 0 Å². The van der Waals surface area contributed by atoms with Gasteiger partial charge in [-0.2, -0.15) is 4.31 Å². The summed E-state index contributed by atoms with van der Waals surface area (Å²) in [7, 11) is -3.68. The smallest absolute Gasteiger partial charge is 0.256 e. The molecule has 0 aliphatic carbocycles. The van der Waals surface area contributed by atoms with Gasteiger partial charge in [-0.15, -0.1) is 0 Å². The molecule has 1 N–H and O–H groups in total. The molecule has 1 fully saturated rings. The molecule has 138 valence electrons. The zero-order valence-corrected chi connectivity index (χ0v) is 16.8. The maximum Gasteiger partial charge on any atom is 0.256 e. The minimum absolute atomic E-state index is 0.0752. The molecule has 0 saturated carbocycles. The monoisotopic (exact) mass is 458 g/mol. The number of nitrogens with one attached hydrogen (secondary N) is 1. The molecule has 0 aromatic heterocycles. The van der Waals surface area contributed by atoms with Crippen molar-refractivity contribution in [2.24, 2.45) is 0 Å². The average molecular weight is 460 g/mol. The van der Waals surface area contributed by atoms with Crippen molar-refractivity contribution in [2.75, 3.05) is 31.6 Å². The lowest BCUT2D eigenvalue weighted by Gasteiger charge is -2.26. The van der Waals surface area contributed by atoms with Crippen LogP contribution in [-0.2, 0) is 14.8 Å². The maximum atomic E-state index is 12.8. The van der Waals surface area contributed by atoms with Gasteiger partial charge in [0.15, 0.2) is 0 Å². The first-order valence-electron chi connectivity index (χ1n) is 7.83. The second kappa shape index (κ2) is 8.06. The highest BCUT2D eigenvalue weighted by Gasteiger charge is 2.27. The molecule has 0 unspecified atom stereocenters. The van der Waals surface area contributed by atoms with Gasteiger partial charge in [0.05, 0.1) is 34.4 Å². The molecule has 0 atom stereocenters. The highest BCUT2D eigenvalue weighted by Crippen LogP contribution is 2.28. The summed E-state index contributed by atoms with van der Waals surface area (Å²) in [4.78, 5) is 12.5. The summed E-state index contributed by atoms with van der Waals surface area (Å²) in [5.41, 5.74) is 0.659. The summed E-state index contributed by atoms with van der Waals surface area (Å²) in [6.45, 7) is 1.31. The van der Waals surface area contributed by atoms with Crippen LogP contribution in [0.4, 0.5) is 5.69 Å². The predicted octanol–water partition coefficient (Wildman–Crippen LogP) is 3.38. The van der Waals surface area contributed by atoms with Gasteiger partial charge in [-0.25, -0.2) is 8.42 Å². The van der Waals surface area contributed by atoms with Crippen LogP contribution < -0.4 is 5.32 Å². The molecule has 26 heavy (non-hydrogen) atoms. The average Bonchev–Trinajstić information content (AvgIpc) is 2.64. The molecule has 6 nitrogen and oxygen atoms in total. The summed E-state index contributed by atoms with van der Waals surface area (Å²) in [6.07, 6.45) is 0. The molecule has 1 heterocycles. The standard InChI is InChI=1S/C17H16BrClN2O4S/c18-14-4-2-1-3-13(14)17(22)20-16-11-12(5-6-15(16)19)26(23,24)21-7-9-25-10-8-21/h1-6,11H,7-10H2,(H,20,22). The van der Waals surface area contributed by atoms with Gasteiger partial charge >= 0.3 is 0 Å². The predicted molar refractivity (Wildman–Crippen MR) is 103 cm³/mol. The van der Waals surface area contributed by atoms with Crippen LogP contribution in [0.15, 0.2) is 51.8 Å². The Bertz CT molecular complexity index is 930. The lowest BCUT2D eigenvalue weighted by atomic mass is 10.2. The van der Waals surface area contributed by atoms with Crippen LogP contribution in [0.25, 0.3) is 0 Å². The van der Waals surface area contributed by atoms with E-state index in [0.29, 0.717) is 36.3 Å². The maximum absolute atomic E-state index is 12.8. The molecule has 0 radical (unpaired) electrons. The van der Waals surface area contributed by atoms with E-state index < -0.39 is 10.0 Å². The number of halogens is 2. The number of hydrogen-bond acceptors (Lipinski definition) is 4. The molecule has 0 spiro atoms. The van der Waals surface area contributed by atoms with E-state index in [2.05, 4.69) is 21.2 Å². The molecule has 1 saturated heterocycles. The third-order valence-electron chi connectivity index (χ3n) is 3.91. The number of sulfonamides is 1. The SMILES string of the molecule is O=C(Nc1cc(S(=O)(=O)N2CCOCC2)ccc1Cl)c1ccccc1Br. The van der Waals surface area contributed by atoms with Gasteiger partial charge in [0, 0.05) is 17.6 Å². The highest BCUT2D eigenvalue weighted by atomic mass is 79.9. The van der Waals surface area contributed by atoms with E-state index >= 15 is 0 Å². The Balaban J connectivity index is 1.88. The Kier molecular flexibility index (Phi) is 5.99. The summed E-state index contributed by atoms with van der Waals surface area (Å²) in [5, 5.41) is 2.93. The third kappa shape index (κ3) is 4.10. The number of morpholine rings is 1. The van der Waals surface area contributed by atoms with Crippen molar-refractivity contribution < 1.29 is 17.9 Å². The molecule has 1 aliphatic heterocycles. The molecular weight excluding hydrogens is 444 g/mol. The number of benzene rings is 2. The van der Waals surface area contributed by atoms with E-state index in [0.717, 1.165) is 0 Å². The number of amides is 1. The first-order valence-corrected chi connectivity index (χ1v) is 10.4. The molecule has 1 amide bonds. The molecule has 9 heteroatoms. The normalized spacial score (nSPS) is 15.6. The van der Waals surface area contributed by atoms with Crippen LogP contribution in [0.2, 0.25) is 5.02 Å². The fourth-order valence-corrected chi connectivity index (χ4v) is 4.60. The van der Waals surface area contributed by atoms with Crippen molar-refractivity contribution >= 4 is 49.1 Å². The van der Waals surface area contributed by atoms with Crippen LogP contribution >= 0.6 is 27.5 Å². The third-order valence-corrected chi connectivity index (χ3v) is 6.83. The fourth-order valence-electron chi connectivity index (χ4n) is 2.53. The van der Waals surface area contributed by atoms with Crippen molar-refractivity contribution in [3.63, 3.8) is 0 Å². The Morgan fingerprint density at radius 1 is 1.15 bits per heavy atom. The van der Waals surface area contributed by atoms with Crippen molar-refractivity contribution in [3.8, 4) is 0 Å². The summed E-state index contributed by atoms with van der Waals surface area (Å²) in [6, 6.07) is 11.2. The van der Waals surface area contributed by atoms with Gasteiger partial charge in [-0.05, 0) is 46.3 Å². The van der Waals surface area contributed by atoms with E-state index in [-0.39, 0.29) is 21.5 Å². The van der Waals surface area contributed by atoms with Crippen molar-refractivity contribution in [1.29, 1.82) is 0 Å². The first-order chi connectivity index (χ1) is 12.4. The van der Waals surface area contributed by atoms with Crippen LogP contribution in [0.5, 0.6) is 0 Å². The van der Waals surface area contributed by atoms with Crippen LogP contribution in [0.1, 0.15) is 10.4 Å². The van der Waals surface area contributed by atoms with Gasteiger partial charge in [-0.1, -0.05) is 23.7 Å². The summed E-state index contributed by atoms with van der Waals surface area (Å²) >= 11 is 9.47. The van der Waals surface area contributed by atoms with Crippen LogP contribution in [-0.4, -0.2) is 44.9 Å². The lowest BCUT2D eigenvalue weighted by Crippen LogP contribution is -2.40. The molecule has 2 aromatic carbocycles. The number of rotatable bonds is 4. The minimum atomic E-state index is -3.68. The van der Waals surface area contributed by atoms with E-state index in [1.165, 1.54) is 22.5 Å². The highest BCUT2D eigenvalue weighted by molar-refractivity contribution is 9.10. The van der Waals surface area contributed by atoms with Gasteiger partial charge in [0.1, 0.15) is 0 Å². The zero-order chi connectivity index (χ0) is 18.7. The Morgan fingerprint density at radius 3 is 2.54 bits per heavy atom. The number of nitrogens with zero attached hydrogens (tertiary/aromatic N) is 1. The number of carbonyl (C=O) groups excluding carboxylic acids is 1. The zero-order valence-electron chi connectivity index (χ0n) is 13.6. The topological polar surface area (TPSA) is 75.7 Å². The molecule has 0 bridgehead atoms. The minimum Gasteiger partial charge on any atom is -0.379 e. The van der Waals surface area contributed by atoms with Crippen LogP contribution in [0, 0.1) is 0 Å². The number of ether oxygens (including phenoxy) is 1. The van der Waals surface area contributed by atoms with Crippen LogP contribution in [0.3, 0.4) is 0 Å². The number of anilines is 1. The molecular formula is C17H16BrClN2O4S. The molecule has 1 aliphatic rings. The first kappa shape index (κ1) is 19.3. The second-order valence-corrected chi connectivity index (χ2v) is 8.79. The van der Waals surface area contributed by atoms with Gasteiger partial charge in [0.25, 0.3) is 5.91 Å². The van der Waals surface area contributed by atoms with Crippen molar-refractivity contribution in [3.05, 3.63) is 57.5 Å². The van der Waals surface area contributed by atoms with E-state index in [4.69, 9.17) is 16.3 Å². The Hall–Kier alpha value is -1.45. The largest absolute Gasteiger partial charge is 0.379 e. The van der Waals surface area contributed by atoms with Gasteiger partial charge in [-0.3, -0.25) is 4.79 Å². The van der Waals surface area contributed by atoms with E-state index in [9.17, 15) is 13.2 Å². The Morgan fingerprint density at radius 2 is 1.85 bits per heavy atom. The summed E-state index contributed by atoms with van der Waals surface area (Å²) < 4.78 is 32.7. The summed E-state index contributed by atoms with van der Waals surface area (Å²) in [5.74, 6) is -0.389. The van der Waals surface area contributed by atoms with Crippen molar-refractivity contribution in [2.45, 2.75) is 4.90 Å². The van der Waals surface area contributed by atoms with Gasteiger partial charge in [0.2, 0.25) is 10.0 Å². The van der Waals surface area contributed by atoms with Gasteiger partial charge < -0.3 is 10.1 Å². The fraction of sp³-hybridized carbons (Fsp3) is 0.235. The quantitative estimate of drug-likeness (QED) is 0.760. The molecule has 2 aromatic rings. The second-order valence-electron chi connectivity index (χ2n) is 5.59. The molecule has 3 rings (SSSR count). The van der Waals surface area contributed by atoms with E-state index in [1.54, 1.807) is 24.3 Å².